The van der Waals surface area contributed by atoms with Crippen LogP contribution in [0, 0.1) is 0 Å². The number of ether oxygens (including phenoxy) is 4. The van der Waals surface area contributed by atoms with Crippen LogP contribution in [0.4, 0.5) is 0 Å². The Balaban J connectivity index is 1.15. The number of hydrogen-bond acceptors (Lipinski definition) is 4. The van der Waals surface area contributed by atoms with Gasteiger partial charge in [0.15, 0.2) is 0 Å². The second kappa shape index (κ2) is 11.9. The van der Waals surface area contributed by atoms with Crippen molar-refractivity contribution in [3.05, 3.63) is 158 Å². The van der Waals surface area contributed by atoms with Gasteiger partial charge in [0.05, 0.1) is 0 Å². The molecule has 4 nitrogen and oxygen atoms in total. The average molecular weight is 523 g/mol. The van der Waals surface area contributed by atoms with Crippen molar-refractivity contribution in [2.45, 2.75) is 0 Å². The van der Waals surface area contributed by atoms with Gasteiger partial charge in [-0.2, -0.15) is 0 Å². The third kappa shape index (κ3) is 6.32. The van der Waals surface area contributed by atoms with Gasteiger partial charge in [0.25, 0.3) is 0 Å². The zero-order valence-corrected chi connectivity index (χ0v) is 21.6. The molecule has 0 fully saturated rings. The maximum Gasteiger partial charge on any atom is 0.135 e. The van der Waals surface area contributed by atoms with E-state index in [0.717, 1.165) is 22.6 Å². The molecule has 0 saturated heterocycles. The fourth-order valence-electron chi connectivity index (χ4n) is 4.24. The Morgan fingerprint density at radius 3 is 1.18 bits per heavy atom. The molecule has 0 spiro atoms. The predicted molar refractivity (Wildman–Crippen MR) is 158 cm³/mol. The standard InChI is InChI=1S/C36H26O4/c1-3-12-27(13-4-1)35-22-7-8-23-36(35)40-34-21-11-20-33(26-34)39-32-19-10-18-31(25-32)38-30-17-9-16-29(24-30)37-28-14-5-2-6-15-28/h1-26H. The zero-order chi connectivity index (χ0) is 27.0. The molecule has 4 heteroatoms. The molecule has 0 heterocycles. The van der Waals surface area contributed by atoms with Crippen LogP contribution in [-0.4, -0.2) is 0 Å². The Labute approximate surface area is 233 Å². The van der Waals surface area contributed by atoms with E-state index in [2.05, 4.69) is 18.2 Å². The molecule has 6 aromatic rings. The Bertz CT molecular complexity index is 1700. The van der Waals surface area contributed by atoms with Gasteiger partial charge < -0.3 is 18.9 Å². The van der Waals surface area contributed by atoms with E-state index >= 15 is 0 Å². The van der Waals surface area contributed by atoms with Crippen LogP contribution in [0.15, 0.2) is 158 Å². The second-order valence-electron chi connectivity index (χ2n) is 9.01. The fraction of sp³-hybridized carbons (Fsp3) is 0. The fourth-order valence-corrected chi connectivity index (χ4v) is 4.24. The van der Waals surface area contributed by atoms with Gasteiger partial charge in [-0.05, 0) is 60.2 Å². The highest BCUT2D eigenvalue weighted by atomic mass is 16.5. The van der Waals surface area contributed by atoms with E-state index in [0.29, 0.717) is 34.5 Å². The summed E-state index contributed by atoms with van der Waals surface area (Å²) in [5, 5.41) is 0. The van der Waals surface area contributed by atoms with Gasteiger partial charge in [-0.3, -0.25) is 0 Å². The van der Waals surface area contributed by atoms with E-state index in [-0.39, 0.29) is 0 Å². The summed E-state index contributed by atoms with van der Waals surface area (Å²) in [6, 6.07) is 50.5. The van der Waals surface area contributed by atoms with Crippen molar-refractivity contribution in [1.29, 1.82) is 0 Å². The first-order valence-corrected chi connectivity index (χ1v) is 13.0. The van der Waals surface area contributed by atoms with E-state index in [1.54, 1.807) is 0 Å². The number of benzene rings is 6. The molecule has 0 bridgehead atoms. The first-order chi connectivity index (χ1) is 19.8. The van der Waals surface area contributed by atoms with E-state index in [1.807, 2.05) is 140 Å². The molecule has 6 aromatic carbocycles. The molecule has 0 radical (unpaired) electrons. The minimum atomic E-state index is 0.649. The summed E-state index contributed by atoms with van der Waals surface area (Å²) in [7, 11) is 0. The molecule has 0 aliphatic carbocycles. The van der Waals surface area contributed by atoms with Gasteiger partial charge >= 0.3 is 0 Å². The maximum atomic E-state index is 6.28. The van der Waals surface area contributed by atoms with Crippen LogP contribution in [0.5, 0.6) is 46.0 Å². The lowest BCUT2D eigenvalue weighted by molar-refractivity contribution is 0.447. The highest BCUT2D eigenvalue weighted by Crippen LogP contribution is 2.36. The largest absolute Gasteiger partial charge is 0.457 e. The van der Waals surface area contributed by atoms with Crippen molar-refractivity contribution < 1.29 is 18.9 Å². The Hall–Kier alpha value is -5.48. The third-order valence-corrected chi connectivity index (χ3v) is 6.07. The van der Waals surface area contributed by atoms with E-state index in [9.17, 15) is 0 Å². The molecular formula is C36H26O4. The van der Waals surface area contributed by atoms with Gasteiger partial charge in [0.1, 0.15) is 46.0 Å². The van der Waals surface area contributed by atoms with Gasteiger partial charge in [0.2, 0.25) is 0 Å². The normalized spacial score (nSPS) is 10.5. The van der Waals surface area contributed by atoms with Crippen LogP contribution in [-0.2, 0) is 0 Å². The van der Waals surface area contributed by atoms with Crippen molar-refractivity contribution in [2.75, 3.05) is 0 Å². The summed E-state index contributed by atoms with van der Waals surface area (Å²) in [6.07, 6.45) is 0. The lowest BCUT2D eigenvalue weighted by Crippen LogP contribution is -1.90. The smallest absolute Gasteiger partial charge is 0.135 e. The molecule has 40 heavy (non-hydrogen) atoms. The average Bonchev–Trinajstić information content (AvgIpc) is 2.99. The summed E-state index contributed by atoms with van der Waals surface area (Å²) in [6.45, 7) is 0. The zero-order valence-electron chi connectivity index (χ0n) is 21.6. The SMILES string of the molecule is c1ccc(Oc2cccc(Oc3cccc(Oc4cccc(Oc5ccccc5-c5ccccc5)c4)c3)c2)cc1. The Kier molecular flexibility index (Phi) is 7.40. The van der Waals surface area contributed by atoms with Crippen LogP contribution in [0.3, 0.4) is 0 Å². The van der Waals surface area contributed by atoms with Crippen molar-refractivity contribution in [1.82, 2.24) is 0 Å². The number of rotatable bonds is 9. The molecule has 0 aliphatic rings. The van der Waals surface area contributed by atoms with Gasteiger partial charge in [-0.15, -0.1) is 0 Å². The van der Waals surface area contributed by atoms with E-state index in [4.69, 9.17) is 18.9 Å². The molecule has 6 rings (SSSR count). The Morgan fingerprint density at radius 1 is 0.275 bits per heavy atom. The minimum absolute atomic E-state index is 0.649. The molecule has 0 aromatic heterocycles. The molecule has 0 amide bonds. The molecule has 0 unspecified atom stereocenters. The van der Waals surface area contributed by atoms with Crippen LogP contribution in [0.25, 0.3) is 11.1 Å². The van der Waals surface area contributed by atoms with Gasteiger partial charge in [0, 0.05) is 23.8 Å². The first kappa shape index (κ1) is 24.8. The maximum absolute atomic E-state index is 6.28. The molecule has 0 atom stereocenters. The van der Waals surface area contributed by atoms with Crippen LogP contribution < -0.4 is 18.9 Å². The van der Waals surface area contributed by atoms with Crippen LogP contribution in [0.2, 0.25) is 0 Å². The molecule has 0 saturated carbocycles. The quantitative estimate of drug-likeness (QED) is 0.189. The lowest BCUT2D eigenvalue weighted by Gasteiger charge is -2.13. The highest BCUT2D eigenvalue weighted by molar-refractivity contribution is 5.70. The molecule has 194 valence electrons. The monoisotopic (exact) mass is 522 g/mol. The van der Waals surface area contributed by atoms with E-state index in [1.165, 1.54) is 0 Å². The molecular weight excluding hydrogens is 496 g/mol. The first-order valence-electron chi connectivity index (χ1n) is 13.0. The Morgan fingerprint density at radius 2 is 0.650 bits per heavy atom. The summed E-state index contributed by atoms with van der Waals surface area (Å²) >= 11 is 0. The van der Waals surface area contributed by atoms with Gasteiger partial charge in [-0.25, -0.2) is 0 Å². The summed E-state index contributed by atoms with van der Waals surface area (Å²) in [5.41, 5.74) is 2.12. The van der Waals surface area contributed by atoms with Crippen molar-refractivity contribution >= 4 is 0 Å². The minimum Gasteiger partial charge on any atom is -0.457 e. The molecule has 0 aliphatic heterocycles. The van der Waals surface area contributed by atoms with Crippen LogP contribution >= 0.6 is 0 Å². The number of para-hydroxylation sites is 2. The number of hydrogen-bond donors (Lipinski definition) is 0. The topological polar surface area (TPSA) is 36.9 Å². The second-order valence-corrected chi connectivity index (χ2v) is 9.01. The third-order valence-electron chi connectivity index (χ3n) is 6.07. The van der Waals surface area contributed by atoms with Crippen molar-refractivity contribution in [3.63, 3.8) is 0 Å². The van der Waals surface area contributed by atoms with Gasteiger partial charge in [-0.1, -0.05) is 84.9 Å². The van der Waals surface area contributed by atoms with Crippen molar-refractivity contribution in [3.8, 4) is 57.1 Å². The summed E-state index contributed by atoms with van der Waals surface area (Å²) in [5.74, 6) is 5.55. The molecule has 0 N–H and O–H groups in total. The van der Waals surface area contributed by atoms with E-state index < -0.39 is 0 Å². The van der Waals surface area contributed by atoms with Crippen molar-refractivity contribution in [2.24, 2.45) is 0 Å². The summed E-state index contributed by atoms with van der Waals surface area (Å²) < 4.78 is 24.5. The lowest BCUT2D eigenvalue weighted by atomic mass is 10.1. The highest BCUT2D eigenvalue weighted by Gasteiger charge is 2.09. The van der Waals surface area contributed by atoms with Crippen LogP contribution in [0.1, 0.15) is 0 Å². The summed E-state index contributed by atoms with van der Waals surface area (Å²) in [4.78, 5) is 0. The predicted octanol–water partition coefficient (Wildman–Crippen LogP) is 10.5.